The molecule has 11 heavy (non-hydrogen) atoms. The minimum absolute atomic E-state index is 0.181. The van der Waals surface area contributed by atoms with Crippen LogP contribution in [0.5, 0.6) is 0 Å². The molecule has 0 aromatic carbocycles. The van der Waals surface area contributed by atoms with Crippen LogP contribution in [-0.2, 0) is 4.79 Å². The summed E-state index contributed by atoms with van der Waals surface area (Å²) in [4.78, 5) is 10.7. The smallest absolute Gasteiger partial charge is 0.304 e. The normalized spacial score (nSPS) is 14.1. The molecule has 0 aliphatic heterocycles. The lowest BCUT2D eigenvalue weighted by Gasteiger charge is -2.23. The summed E-state index contributed by atoms with van der Waals surface area (Å²) in [5, 5.41) is 8.83. The van der Waals surface area contributed by atoms with Crippen LogP contribution in [0, 0.1) is 0 Å². The summed E-state index contributed by atoms with van der Waals surface area (Å²) in [6, 6.07) is 0. The van der Waals surface area contributed by atoms with Crippen molar-refractivity contribution in [2.75, 3.05) is 0 Å². The fraction of sp³-hybridized carbons (Fsp3) is 0.625. The van der Waals surface area contributed by atoms with E-state index in [0.29, 0.717) is 6.42 Å². The van der Waals surface area contributed by atoms with Gasteiger partial charge in [-0.2, -0.15) is 0 Å². The maximum absolute atomic E-state index is 10.7. The molecule has 2 nitrogen and oxygen atoms in total. The molecule has 0 radical (unpaired) electrons. The third kappa shape index (κ3) is 3.37. The predicted molar refractivity (Wildman–Crippen MR) is 49.5 cm³/mol. The van der Waals surface area contributed by atoms with E-state index >= 15 is 0 Å². The van der Waals surface area contributed by atoms with Gasteiger partial charge in [0.25, 0.3) is 0 Å². The molecule has 0 aromatic rings. The molecule has 0 aliphatic rings. The van der Waals surface area contributed by atoms with Gasteiger partial charge in [-0.3, -0.25) is 4.79 Å². The Hall–Kier alpha value is -0.573. The van der Waals surface area contributed by atoms with E-state index in [4.69, 9.17) is 5.11 Å². The number of allylic oxidation sites excluding steroid dienone is 1. The quantitative estimate of drug-likeness (QED) is 0.522. The molecule has 0 aliphatic carbocycles. The van der Waals surface area contributed by atoms with Gasteiger partial charge >= 0.3 is 5.97 Å². The van der Waals surface area contributed by atoms with Gasteiger partial charge in [-0.05, 0) is 6.42 Å². The molecule has 0 saturated carbocycles. The Morgan fingerprint density at radius 1 is 1.64 bits per heavy atom. The van der Waals surface area contributed by atoms with Crippen LogP contribution in [0.25, 0.3) is 0 Å². The molecule has 0 rings (SSSR count). The van der Waals surface area contributed by atoms with Gasteiger partial charge in [0, 0.05) is 0 Å². The molecule has 0 aromatic heterocycles. The van der Waals surface area contributed by atoms with Crippen molar-refractivity contribution >= 4 is 14.0 Å². The first-order chi connectivity index (χ1) is 4.89. The highest BCUT2D eigenvalue weighted by molar-refractivity contribution is 6.80. The Morgan fingerprint density at radius 3 is 2.18 bits per heavy atom. The van der Waals surface area contributed by atoms with Crippen LogP contribution in [0.4, 0.5) is 0 Å². The van der Waals surface area contributed by atoms with E-state index in [1.807, 2.05) is 0 Å². The summed E-state index contributed by atoms with van der Waals surface area (Å²) in [6.45, 7) is 9.75. The van der Waals surface area contributed by atoms with Gasteiger partial charge in [-0.25, -0.2) is 0 Å². The molecule has 0 bridgehead atoms. The van der Waals surface area contributed by atoms with E-state index in [2.05, 4.69) is 26.2 Å². The Labute approximate surface area is 68.9 Å². The summed E-state index contributed by atoms with van der Waals surface area (Å²) in [5.74, 6) is -0.677. The van der Waals surface area contributed by atoms with E-state index in [1.165, 1.54) is 0 Å². The lowest BCUT2D eigenvalue weighted by atomic mass is 10.3. The summed E-state index contributed by atoms with van der Waals surface area (Å²) < 4.78 is 0. The van der Waals surface area contributed by atoms with E-state index < -0.39 is 14.0 Å². The van der Waals surface area contributed by atoms with Crippen LogP contribution >= 0.6 is 0 Å². The molecule has 1 N–H and O–H groups in total. The van der Waals surface area contributed by atoms with Crippen molar-refractivity contribution in [1.82, 2.24) is 0 Å². The highest BCUT2D eigenvalue weighted by Gasteiger charge is 2.31. The van der Waals surface area contributed by atoms with E-state index in [0.717, 1.165) is 0 Å². The van der Waals surface area contributed by atoms with Crippen molar-refractivity contribution in [2.24, 2.45) is 0 Å². The lowest BCUT2D eigenvalue weighted by Crippen LogP contribution is -2.33. The average Bonchev–Trinajstić information content (AvgIpc) is 1.79. The fourth-order valence-corrected chi connectivity index (χ4v) is 2.61. The Bertz CT molecular complexity index is 158. The first-order valence-corrected chi connectivity index (χ1v) is 7.31. The molecule has 0 heterocycles. The number of carbonyl (C=O) groups is 1. The standard InChI is InChI=1S/C8H16O2Si/c1-5-6-7(8(9)10)11(2,3)4/h5,7H,1,6H2,2-4H3,(H,9,10). The number of hydrogen-bond donors (Lipinski definition) is 1. The molecular weight excluding hydrogens is 156 g/mol. The Kier molecular flexibility index (Phi) is 3.52. The van der Waals surface area contributed by atoms with Crippen molar-refractivity contribution in [3.63, 3.8) is 0 Å². The summed E-state index contributed by atoms with van der Waals surface area (Å²) in [7, 11) is -1.54. The van der Waals surface area contributed by atoms with Crippen LogP contribution in [0.3, 0.4) is 0 Å². The number of carboxylic acids is 1. The minimum Gasteiger partial charge on any atom is -0.481 e. The number of aliphatic carboxylic acids is 1. The summed E-state index contributed by atoms with van der Waals surface area (Å²) in [6.07, 6.45) is 2.29. The van der Waals surface area contributed by atoms with Crippen LogP contribution < -0.4 is 0 Å². The molecular formula is C8H16O2Si. The predicted octanol–water partition coefficient (Wildman–Crippen LogP) is 2.36. The Morgan fingerprint density at radius 2 is 2.09 bits per heavy atom. The van der Waals surface area contributed by atoms with Crippen molar-refractivity contribution in [3.05, 3.63) is 12.7 Å². The molecule has 1 atom stereocenters. The zero-order chi connectivity index (χ0) is 9.07. The summed E-state index contributed by atoms with van der Waals surface area (Å²) >= 11 is 0. The van der Waals surface area contributed by atoms with Crippen LogP contribution in [0.15, 0.2) is 12.7 Å². The van der Waals surface area contributed by atoms with Crippen LogP contribution in [0.1, 0.15) is 6.42 Å². The second kappa shape index (κ2) is 3.71. The van der Waals surface area contributed by atoms with Gasteiger partial charge in [0.1, 0.15) is 0 Å². The SMILES string of the molecule is C=CCC(C(=O)O)[Si](C)(C)C. The molecule has 0 fully saturated rings. The molecule has 3 heteroatoms. The highest BCUT2D eigenvalue weighted by Crippen LogP contribution is 2.25. The molecule has 1 unspecified atom stereocenters. The second-order valence-corrected chi connectivity index (χ2v) is 9.21. The topological polar surface area (TPSA) is 37.3 Å². The first kappa shape index (κ1) is 10.4. The van der Waals surface area contributed by atoms with Crippen molar-refractivity contribution in [3.8, 4) is 0 Å². The van der Waals surface area contributed by atoms with Crippen molar-refractivity contribution < 1.29 is 9.90 Å². The number of hydrogen-bond acceptors (Lipinski definition) is 1. The first-order valence-electron chi connectivity index (χ1n) is 3.73. The van der Waals surface area contributed by atoms with Gasteiger partial charge in [0.05, 0.1) is 13.6 Å². The number of carboxylic acid groups (broad SMARTS) is 1. The summed E-state index contributed by atoms with van der Waals surface area (Å²) in [5.41, 5.74) is -0.181. The fourth-order valence-electron chi connectivity index (χ4n) is 0.991. The van der Waals surface area contributed by atoms with Gasteiger partial charge in [0.15, 0.2) is 0 Å². The third-order valence-corrected chi connectivity index (χ3v) is 4.32. The maximum Gasteiger partial charge on any atom is 0.304 e. The maximum atomic E-state index is 10.7. The minimum atomic E-state index is -1.54. The zero-order valence-electron chi connectivity index (χ0n) is 7.42. The van der Waals surface area contributed by atoms with Gasteiger partial charge in [-0.1, -0.05) is 25.7 Å². The molecule has 64 valence electrons. The van der Waals surface area contributed by atoms with Gasteiger partial charge < -0.3 is 5.11 Å². The van der Waals surface area contributed by atoms with Crippen molar-refractivity contribution in [2.45, 2.75) is 31.6 Å². The van der Waals surface area contributed by atoms with E-state index in [1.54, 1.807) is 6.08 Å². The third-order valence-electron chi connectivity index (χ3n) is 1.75. The average molecular weight is 172 g/mol. The monoisotopic (exact) mass is 172 g/mol. The molecule has 0 saturated heterocycles. The van der Waals surface area contributed by atoms with Gasteiger partial charge in [-0.15, -0.1) is 6.58 Å². The van der Waals surface area contributed by atoms with E-state index in [9.17, 15) is 4.79 Å². The van der Waals surface area contributed by atoms with Crippen LogP contribution in [-0.4, -0.2) is 19.1 Å². The van der Waals surface area contributed by atoms with E-state index in [-0.39, 0.29) is 5.54 Å². The molecule has 0 amide bonds. The largest absolute Gasteiger partial charge is 0.481 e. The number of rotatable bonds is 4. The Balaban J connectivity index is 4.34. The van der Waals surface area contributed by atoms with Crippen LogP contribution in [0.2, 0.25) is 25.2 Å². The molecule has 0 spiro atoms. The highest BCUT2D eigenvalue weighted by atomic mass is 28.3. The lowest BCUT2D eigenvalue weighted by molar-refractivity contribution is -0.137. The second-order valence-electron chi connectivity index (χ2n) is 3.78. The van der Waals surface area contributed by atoms with Crippen molar-refractivity contribution in [1.29, 1.82) is 0 Å². The van der Waals surface area contributed by atoms with Gasteiger partial charge in [0.2, 0.25) is 0 Å². The zero-order valence-corrected chi connectivity index (χ0v) is 8.42.